The van der Waals surface area contributed by atoms with Crippen LogP contribution in [0.4, 0.5) is 0 Å². The van der Waals surface area contributed by atoms with Gasteiger partial charge in [-0.05, 0) is 62.2 Å². The Morgan fingerprint density at radius 1 is 1.04 bits per heavy atom. The van der Waals surface area contributed by atoms with E-state index in [0.29, 0.717) is 37.4 Å². The average Bonchev–Trinajstić information content (AvgIpc) is 2.82. The number of rotatable bonds is 1. The molecule has 25 heavy (non-hydrogen) atoms. The van der Waals surface area contributed by atoms with E-state index in [1.165, 1.54) is 6.92 Å². The van der Waals surface area contributed by atoms with Crippen LogP contribution in [-0.4, -0.2) is 28.1 Å². The summed E-state index contributed by atoms with van der Waals surface area (Å²) in [5.74, 6) is 1.00. The summed E-state index contributed by atoms with van der Waals surface area (Å²) in [6.45, 7) is 5.82. The molecule has 138 valence electrons. The normalized spacial score (nSPS) is 52.3. The van der Waals surface area contributed by atoms with Gasteiger partial charge in [0, 0.05) is 30.6 Å². The molecular weight excluding hydrogens is 316 g/mol. The first kappa shape index (κ1) is 17.4. The molecule has 0 saturated heterocycles. The lowest BCUT2D eigenvalue weighted by Crippen LogP contribution is -2.60. The van der Waals surface area contributed by atoms with Crippen LogP contribution in [0.5, 0.6) is 0 Å². The molecule has 0 aliphatic heterocycles. The van der Waals surface area contributed by atoms with Crippen LogP contribution < -0.4 is 0 Å². The van der Waals surface area contributed by atoms with Gasteiger partial charge in [-0.15, -0.1) is 0 Å². The maximum atomic E-state index is 13.1. The highest BCUT2D eigenvalue weighted by atomic mass is 16.3. The van der Waals surface area contributed by atoms with Gasteiger partial charge in [-0.3, -0.25) is 14.4 Å². The summed E-state index contributed by atoms with van der Waals surface area (Å²) in [7, 11) is 0. The Bertz CT molecular complexity index is 654. The summed E-state index contributed by atoms with van der Waals surface area (Å²) in [5, 5.41) is 11.1. The minimum atomic E-state index is -1.27. The fraction of sp³-hybridized carbons (Fsp3) is 0.857. The number of hydrogen-bond acceptors (Lipinski definition) is 4. The van der Waals surface area contributed by atoms with Crippen molar-refractivity contribution in [3.8, 4) is 0 Å². The Hall–Kier alpha value is -1.03. The highest BCUT2D eigenvalue weighted by molar-refractivity contribution is 5.88. The summed E-state index contributed by atoms with van der Waals surface area (Å²) in [6, 6.07) is 0. The van der Waals surface area contributed by atoms with Gasteiger partial charge >= 0.3 is 0 Å². The molecule has 4 rings (SSSR count). The van der Waals surface area contributed by atoms with Crippen molar-refractivity contribution in [1.29, 1.82) is 0 Å². The lowest BCUT2D eigenvalue weighted by Gasteiger charge is -2.59. The Labute approximate surface area is 149 Å². The van der Waals surface area contributed by atoms with Crippen molar-refractivity contribution in [2.45, 2.75) is 77.7 Å². The molecule has 0 heterocycles. The molecule has 4 aliphatic carbocycles. The van der Waals surface area contributed by atoms with Crippen molar-refractivity contribution in [3.63, 3.8) is 0 Å². The lowest BCUT2D eigenvalue weighted by atomic mass is 9.44. The van der Waals surface area contributed by atoms with Crippen LogP contribution in [0, 0.1) is 34.5 Å². The van der Waals surface area contributed by atoms with Gasteiger partial charge in [0.1, 0.15) is 17.2 Å². The summed E-state index contributed by atoms with van der Waals surface area (Å²) < 4.78 is 0. The number of hydrogen-bond donors (Lipinski definition) is 1. The SMILES string of the molecule is CC(=O)[C@@]1(O)CC[C@H]2[C@@H]3C(=O)C[C@H]4CC(=O)CC[C@]4(C)[C@H]3CC[C@@]21C. The van der Waals surface area contributed by atoms with Gasteiger partial charge in [0.2, 0.25) is 0 Å². The molecular formula is C21H30O4. The van der Waals surface area contributed by atoms with Crippen LogP contribution in [0.15, 0.2) is 0 Å². The first-order chi connectivity index (χ1) is 11.6. The third kappa shape index (κ3) is 2.06. The van der Waals surface area contributed by atoms with Crippen LogP contribution >= 0.6 is 0 Å². The molecule has 4 aliphatic rings. The van der Waals surface area contributed by atoms with Crippen molar-refractivity contribution in [2.75, 3.05) is 0 Å². The van der Waals surface area contributed by atoms with E-state index in [0.717, 1.165) is 25.7 Å². The van der Waals surface area contributed by atoms with Crippen molar-refractivity contribution in [3.05, 3.63) is 0 Å². The van der Waals surface area contributed by atoms with Gasteiger partial charge in [0.15, 0.2) is 5.78 Å². The number of fused-ring (bicyclic) bond motifs is 5. The maximum Gasteiger partial charge on any atom is 0.161 e. The highest BCUT2D eigenvalue weighted by Gasteiger charge is 2.67. The molecule has 4 fully saturated rings. The predicted octanol–water partition coefficient (Wildman–Crippen LogP) is 3.10. The second-order valence-electron chi connectivity index (χ2n) is 9.77. The number of Topliss-reactive ketones (excluding diaryl/α,β-unsaturated/α-hetero) is 3. The third-order valence-electron chi connectivity index (χ3n) is 9.02. The van der Waals surface area contributed by atoms with Crippen molar-refractivity contribution in [1.82, 2.24) is 0 Å². The average molecular weight is 346 g/mol. The standard InChI is InChI=1S/C21H30O4/c1-12(22)21(25)9-6-16-18-15(5-8-20(16,21)3)19(2)7-4-14(23)10-13(19)11-17(18)24/h13,15-16,18,25H,4-11H2,1-3H3/t13-,15+,16+,18-,19+,20+,21+/m1/s1. The number of carbonyl (C=O) groups is 3. The number of aliphatic hydroxyl groups is 1. The summed E-state index contributed by atoms with van der Waals surface area (Å²) in [6.07, 6.45) is 5.55. The van der Waals surface area contributed by atoms with Crippen molar-refractivity contribution < 1.29 is 19.5 Å². The van der Waals surface area contributed by atoms with Gasteiger partial charge in [0.25, 0.3) is 0 Å². The van der Waals surface area contributed by atoms with Crippen LogP contribution in [0.3, 0.4) is 0 Å². The molecule has 0 unspecified atom stereocenters. The molecule has 4 nitrogen and oxygen atoms in total. The zero-order valence-corrected chi connectivity index (χ0v) is 15.6. The van der Waals surface area contributed by atoms with E-state index in [9.17, 15) is 19.5 Å². The predicted molar refractivity (Wildman–Crippen MR) is 92.8 cm³/mol. The molecule has 0 aromatic carbocycles. The van der Waals surface area contributed by atoms with E-state index in [-0.39, 0.29) is 34.7 Å². The molecule has 4 heteroatoms. The first-order valence-electron chi connectivity index (χ1n) is 9.91. The fourth-order valence-electron chi connectivity index (χ4n) is 7.32. The van der Waals surface area contributed by atoms with Crippen molar-refractivity contribution in [2.24, 2.45) is 34.5 Å². The summed E-state index contributed by atoms with van der Waals surface area (Å²) in [4.78, 5) is 37.3. The van der Waals surface area contributed by atoms with Gasteiger partial charge in [0.05, 0.1) is 0 Å². The molecule has 0 amide bonds. The van der Waals surface area contributed by atoms with Crippen LogP contribution in [-0.2, 0) is 14.4 Å². The van der Waals surface area contributed by atoms with Gasteiger partial charge < -0.3 is 5.11 Å². The largest absolute Gasteiger partial charge is 0.382 e. The van der Waals surface area contributed by atoms with E-state index in [2.05, 4.69) is 6.92 Å². The van der Waals surface area contributed by atoms with E-state index >= 15 is 0 Å². The first-order valence-corrected chi connectivity index (χ1v) is 9.91. The molecule has 0 radical (unpaired) electrons. The Morgan fingerprint density at radius 3 is 2.40 bits per heavy atom. The van der Waals surface area contributed by atoms with Gasteiger partial charge in [-0.2, -0.15) is 0 Å². The molecule has 0 bridgehead atoms. The quantitative estimate of drug-likeness (QED) is 0.792. The summed E-state index contributed by atoms with van der Waals surface area (Å²) >= 11 is 0. The van der Waals surface area contributed by atoms with Gasteiger partial charge in [-0.1, -0.05) is 13.8 Å². The molecule has 1 N–H and O–H groups in total. The smallest absolute Gasteiger partial charge is 0.161 e. The van der Waals surface area contributed by atoms with Gasteiger partial charge in [-0.25, -0.2) is 0 Å². The number of carbonyl (C=O) groups excluding carboxylic acids is 3. The zero-order valence-electron chi connectivity index (χ0n) is 15.6. The maximum absolute atomic E-state index is 13.1. The van der Waals surface area contributed by atoms with E-state index in [1.807, 2.05) is 6.92 Å². The zero-order chi connectivity index (χ0) is 18.2. The third-order valence-corrected chi connectivity index (χ3v) is 9.02. The minimum Gasteiger partial charge on any atom is -0.382 e. The van der Waals surface area contributed by atoms with Crippen LogP contribution in [0.1, 0.15) is 72.1 Å². The van der Waals surface area contributed by atoms with Crippen LogP contribution in [0.25, 0.3) is 0 Å². The van der Waals surface area contributed by atoms with E-state index in [4.69, 9.17) is 0 Å². The second-order valence-corrected chi connectivity index (χ2v) is 9.77. The fourth-order valence-corrected chi connectivity index (χ4v) is 7.32. The second kappa shape index (κ2) is 5.25. The summed E-state index contributed by atoms with van der Waals surface area (Å²) in [5.41, 5.74) is -1.70. The molecule has 0 aromatic rings. The van der Waals surface area contributed by atoms with Crippen LogP contribution in [0.2, 0.25) is 0 Å². The van der Waals surface area contributed by atoms with E-state index < -0.39 is 11.0 Å². The highest BCUT2D eigenvalue weighted by Crippen LogP contribution is 2.67. The Balaban J connectivity index is 1.72. The molecule has 4 saturated carbocycles. The Kier molecular flexibility index (Phi) is 3.65. The molecule has 0 aromatic heterocycles. The molecule has 0 spiro atoms. The Morgan fingerprint density at radius 2 is 1.72 bits per heavy atom. The van der Waals surface area contributed by atoms with E-state index in [1.54, 1.807) is 0 Å². The molecule has 7 atom stereocenters. The minimum absolute atomic E-state index is 0.0402. The van der Waals surface area contributed by atoms with Crippen molar-refractivity contribution >= 4 is 17.3 Å². The number of ketones is 3. The lowest BCUT2D eigenvalue weighted by molar-refractivity contribution is -0.174. The monoisotopic (exact) mass is 346 g/mol. The topological polar surface area (TPSA) is 71.4 Å².